The van der Waals surface area contributed by atoms with Crippen molar-refractivity contribution in [2.24, 2.45) is 0 Å². The summed E-state index contributed by atoms with van der Waals surface area (Å²) in [6.07, 6.45) is 3.45. The quantitative estimate of drug-likeness (QED) is 0.376. The van der Waals surface area contributed by atoms with E-state index in [9.17, 15) is 0 Å². The Morgan fingerprint density at radius 2 is 1.50 bits per heavy atom. The number of fused-ring (bicyclic) bond motifs is 3. The third-order valence-corrected chi connectivity index (χ3v) is 6.70. The molecule has 1 saturated heterocycles. The Hall–Kier alpha value is -2.53. The zero-order valence-electron chi connectivity index (χ0n) is 19.8. The molecule has 34 heavy (non-hydrogen) atoms. The molecule has 0 spiro atoms. The summed E-state index contributed by atoms with van der Waals surface area (Å²) >= 11 is 0. The molecular formula is C29H34ClNO3. The molecule has 0 amide bonds. The van der Waals surface area contributed by atoms with Crippen LogP contribution in [-0.4, -0.2) is 30.6 Å². The van der Waals surface area contributed by atoms with Gasteiger partial charge in [-0.1, -0.05) is 67.6 Å². The van der Waals surface area contributed by atoms with Gasteiger partial charge in [0.2, 0.25) is 0 Å². The van der Waals surface area contributed by atoms with E-state index in [-0.39, 0.29) is 18.5 Å². The lowest BCUT2D eigenvalue weighted by atomic mass is 9.83. The van der Waals surface area contributed by atoms with Crippen LogP contribution in [0.2, 0.25) is 0 Å². The van der Waals surface area contributed by atoms with Crippen LogP contribution in [0, 0.1) is 0 Å². The zero-order chi connectivity index (χ0) is 22.5. The monoisotopic (exact) mass is 479 g/mol. The summed E-state index contributed by atoms with van der Waals surface area (Å²) in [4.78, 5) is 2.61. The Balaban J connectivity index is 0.00000274. The number of hydrogen-bond acceptors (Lipinski definition) is 4. The molecule has 1 fully saturated rings. The van der Waals surface area contributed by atoms with Crippen LogP contribution in [0.15, 0.2) is 72.8 Å². The van der Waals surface area contributed by atoms with Crippen LogP contribution in [0.3, 0.4) is 0 Å². The number of hydrogen-bond donors (Lipinski definition) is 0. The number of benzene rings is 3. The van der Waals surface area contributed by atoms with Crippen LogP contribution in [0.25, 0.3) is 0 Å². The molecule has 180 valence electrons. The van der Waals surface area contributed by atoms with Crippen molar-refractivity contribution in [3.8, 4) is 11.5 Å². The number of rotatable bonds is 8. The van der Waals surface area contributed by atoms with Crippen molar-refractivity contribution in [2.45, 2.75) is 51.5 Å². The fraction of sp³-hybridized carbons (Fsp3) is 0.379. The van der Waals surface area contributed by atoms with Gasteiger partial charge in [0, 0.05) is 12.6 Å². The molecule has 4 nitrogen and oxygen atoms in total. The maximum absolute atomic E-state index is 6.34. The first kappa shape index (κ1) is 24.6. The number of aryl methyl sites for hydroxylation is 1. The van der Waals surface area contributed by atoms with Gasteiger partial charge >= 0.3 is 0 Å². The molecule has 5 rings (SSSR count). The smallest absolute Gasteiger partial charge is 0.162 e. The van der Waals surface area contributed by atoms with Crippen molar-refractivity contribution in [3.63, 3.8) is 0 Å². The lowest BCUT2D eigenvalue weighted by molar-refractivity contribution is -0.0802. The Morgan fingerprint density at radius 3 is 2.12 bits per heavy atom. The highest BCUT2D eigenvalue weighted by molar-refractivity contribution is 5.85. The van der Waals surface area contributed by atoms with E-state index in [0.717, 1.165) is 55.2 Å². The first-order valence-electron chi connectivity index (χ1n) is 12.2. The van der Waals surface area contributed by atoms with E-state index in [1.807, 2.05) is 36.4 Å². The highest BCUT2D eigenvalue weighted by atomic mass is 35.5. The molecule has 1 aliphatic heterocycles. The summed E-state index contributed by atoms with van der Waals surface area (Å²) in [5.41, 5.74) is 4.88. The highest BCUT2D eigenvalue weighted by Gasteiger charge is 2.37. The largest absolute Gasteiger partial charge is 0.485 e. The lowest BCUT2D eigenvalue weighted by Gasteiger charge is -2.44. The Labute approximate surface area is 209 Å². The van der Waals surface area contributed by atoms with E-state index < -0.39 is 0 Å². The van der Waals surface area contributed by atoms with E-state index >= 15 is 0 Å². The average Bonchev–Trinajstić information content (AvgIpc) is 2.87. The van der Waals surface area contributed by atoms with Crippen LogP contribution < -0.4 is 9.47 Å². The van der Waals surface area contributed by atoms with E-state index in [1.165, 1.54) is 17.5 Å². The maximum atomic E-state index is 6.34. The summed E-state index contributed by atoms with van der Waals surface area (Å²) in [6, 6.07) is 25.4. The van der Waals surface area contributed by atoms with Gasteiger partial charge in [-0.15, -0.1) is 12.4 Å². The van der Waals surface area contributed by atoms with Crippen LogP contribution in [0.1, 0.15) is 48.1 Å². The minimum absolute atomic E-state index is 0. The average molecular weight is 480 g/mol. The van der Waals surface area contributed by atoms with E-state index in [4.69, 9.17) is 14.2 Å². The fourth-order valence-corrected chi connectivity index (χ4v) is 5.06. The Morgan fingerprint density at radius 1 is 0.882 bits per heavy atom. The molecule has 0 saturated carbocycles. The number of halogens is 1. The molecule has 0 N–H and O–H groups in total. The van der Waals surface area contributed by atoms with Crippen molar-refractivity contribution >= 4 is 12.4 Å². The molecular weight excluding hydrogens is 446 g/mol. The molecule has 1 aliphatic carbocycles. The predicted molar refractivity (Wildman–Crippen MR) is 138 cm³/mol. The van der Waals surface area contributed by atoms with Gasteiger partial charge < -0.3 is 14.2 Å². The summed E-state index contributed by atoms with van der Waals surface area (Å²) in [5.74, 6) is 1.61. The fourth-order valence-electron chi connectivity index (χ4n) is 5.06. The van der Waals surface area contributed by atoms with Crippen LogP contribution in [0.5, 0.6) is 11.5 Å². The second-order valence-corrected chi connectivity index (χ2v) is 8.98. The molecule has 0 radical (unpaired) electrons. The van der Waals surface area contributed by atoms with Crippen LogP contribution >= 0.6 is 12.4 Å². The summed E-state index contributed by atoms with van der Waals surface area (Å²) in [5, 5.41) is 0. The molecule has 5 heteroatoms. The number of nitrogens with zero attached hydrogens (tertiary/aromatic N) is 1. The van der Waals surface area contributed by atoms with Crippen molar-refractivity contribution in [3.05, 3.63) is 95.1 Å². The molecule has 3 aromatic rings. The molecule has 2 aliphatic rings. The Bertz CT molecular complexity index is 1040. The van der Waals surface area contributed by atoms with Gasteiger partial charge in [0.25, 0.3) is 0 Å². The molecule has 0 bridgehead atoms. The first-order chi connectivity index (χ1) is 16.3. The minimum Gasteiger partial charge on any atom is -0.485 e. The van der Waals surface area contributed by atoms with Crippen molar-refractivity contribution in [1.29, 1.82) is 0 Å². The molecule has 0 unspecified atom stereocenters. The van der Waals surface area contributed by atoms with Gasteiger partial charge in [0.1, 0.15) is 13.2 Å². The van der Waals surface area contributed by atoms with Crippen molar-refractivity contribution in [1.82, 2.24) is 4.90 Å². The minimum atomic E-state index is 0. The molecule has 3 aromatic carbocycles. The van der Waals surface area contributed by atoms with Gasteiger partial charge in [0.05, 0.1) is 12.7 Å². The second-order valence-electron chi connectivity index (χ2n) is 8.98. The third kappa shape index (κ3) is 5.57. The predicted octanol–water partition coefficient (Wildman–Crippen LogP) is 6.36. The maximum Gasteiger partial charge on any atom is 0.162 e. The van der Waals surface area contributed by atoms with Gasteiger partial charge in [0.15, 0.2) is 11.5 Å². The van der Waals surface area contributed by atoms with Crippen LogP contribution in [-0.2, 0) is 24.4 Å². The van der Waals surface area contributed by atoms with Gasteiger partial charge in [-0.2, -0.15) is 0 Å². The number of ether oxygens (including phenoxy) is 3. The molecule has 2 atom stereocenters. The van der Waals surface area contributed by atoms with E-state index in [0.29, 0.717) is 19.3 Å². The zero-order valence-corrected chi connectivity index (χ0v) is 20.6. The SMILES string of the molecule is CCCN1CCO[C@@H]2c3cc(OCc4ccccc4)c(OCc4ccccc4)cc3CC[C@H]21.Cl. The lowest BCUT2D eigenvalue weighted by Crippen LogP contribution is -2.49. The van der Waals surface area contributed by atoms with Gasteiger partial charge in [-0.3, -0.25) is 4.90 Å². The summed E-state index contributed by atoms with van der Waals surface area (Å²) in [7, 11) is 0. The van der Waals surface area contributed by atoms with Gasteiger partial charge in [-0.05, 0) is 60.2 Å². The van der Waals surface area contributed by atoms with E-state index in [2.05, 4.69) is 48.2 Å². The highest BCUT2D eigenvalue weighted by Crippen LogP contribution is 2.43. The normalized spacial score (nSPS) is 19.4. The topological polar surface area (TPSA) is 30.9 Å². The first-order valence-corrected chi connectivity index (χ1v) is 12.2. The molecule has 0 aromatic heterocycles. The summed E-state index contributed by atoms with van der Waals surface area (Å²) in [6.45, 7) is 6.24. The van der Waals surface area contributed by atoms with Crippen LogP contribution in [0.4, 0.5) is 0 Å². The second kappa shape index (κ2) is 11.7. The molecule has 1 heterocycles. The van der Waals surface area contributed by atoms with Crippen molar-refractivity contribution < 1.29 is 14.2 Å². The number of morpholine rings is 1. The van der Waals surface area contributed by atoms with E-state index in [1.54, 1.807) is 0 Å². The standard InChI is InChI=1S/C29H33NO3.ClH/c1-2-15-30-16-17-31-29-25-19-28(33-21-23-11-7-4-8-12-23)27(18-24(25)13-14-26(29)30)32-20-22-9-5-3-6-10-22;/h3-12,18-19,26,29H,2,13-17,20-21H2,1H3;1H/t26-,29-;/m1./s1. The third-order valence-electron chi connectivity index (χ3n) is 6.70. The summed E-state index contributed by atoms with van der Waals surface area (Å²) < 4.78 is 19.0. The van der Waals surface area contributed by atoms with Crippen molar-refractivity contribution in [2.75, 3.05) is 19.7 Å². The van der Waals surface area contributed by atoms with Gasteiger partial charge in [-0.25, -0.2) is 0 Å². The Kier molecular flexibility index (Phi) is 8.49.